The van der Waals surface area contributed by atoms with Gasteiger partial charge in [0.1, 0.15) is 11.5 Å². The summed E-state index contributed by atoms with van der Waals surface area (Å²) in [6.45, 7) is 4.25. The van der Waals surface area contributed by atoms with E-state index in [1.165, 1.54) is 11.8 Å². The van der Waals surface area contributed by atoms with Gasteiger partial charge in [0.05, 0.1) is 24.1 Å². The smallest absolute Gasteiger partial charge is 0.234 e. The summed E-state index contributed by atoms with van der Waals surface area (Å²) in [5.74, 6) is 2.44. The second-order valence-corrected chi connectivity index (χ2v) is 6.47. The van der Waals surface area contributed by atoms with Crippen molar-refractivity contribution in [3.8, 4) is 11.8 Å². The topological polar surface area (TPSA) is 88.2 Å². The van der Waals surface area contributed by atoms with Crippen molar-refractivity contribution in [2.24, 2.45) is 0 Å². The average molecular weight is 359 g/mol. The maximum atomic E-state index is 12.1. The number of hydrogen-bond acceptors (Lipinski definition) is 6. The van der Waals surface area contributed by atoms with Gasteiger partial charge in [-0.15, -0.1) is 11.8 Å². The minimum absolute atomic E-state index is 0.0709. The molecule has 1 aromatic heterocycles. The van der Waals surface area contributed by atoms with Crippen LogP contribution in [0.5, 0.6) is 5.75 Å². The molecular formula is C18H21N3O3S. The largest absolute Gasteiger partial charge is 0.493 e. The van der Waals surface area contributed by atoms with E-state index in [1.807, 2.05) is 32.0 Å². The molecule has 0 aliphatic rings. The van der Waals surface area contributed by atoms with Crippen LogP contribution < -0.4 is 10.1 Å². The number of nitrogens with zero attached hydrogens (tertiary/aromatic N) is 2. The lowest BCUT2D eigenvalue weighted by Gasteiger charge is -2.09. The molecule has 0 aliphatic carbocycles. The summed E-state index contributed by atoms with van der Waals surface area (Å²) in [5.41, 5.74) is 2.61. The van der Waals surface area contributed by atoms with Gasteiger partial charge in [-0.25, -0.2) is 0 Å². The van der Waals surface area contributed by atoms with Crippen molar-refractivity contribution in [1.29, 1.82) is 5.26 Å². The lowest BCUT2D eigenvalue weighted by Crippen LogP contribution is -2.14. The van der Waals surface area contributed by atoms with Gasteiger partial charge >= 0.3 is 0 Å². The lowest BCUT2D eigenvalue weighted by molar-refractivity contribution is -0.113. The van der Waals surface area contributed by atoms with Crippen molar-refractivity contribution in [1.82, 2.24) is 5.16 Å². The highest BCUT2D eigenvalue weighted by atomic mass is 32.2. The molecule has 2 aromatic rings. The Kier molecular flexibility index (Phi) is 7.36. The number of anilines is 1. The van der Waals surface area contributed by atoms with E-state index in [0.717, 1.165) is 17.0 Å². The molecule has 1 heterocycles. The third kappa shape index (κ3) is 6.16. The molecule has 6 nitrogen and oxygen atoms in total. The summed E-state index contributed by atoms with van der Waals surface area (Å²) in [5, 5.41) is 15.3. The highest BCUT2D eigenvalue weighted by molar-refractivity contribution is 7.99. The number of thioether (sulfide) groups is 1. The summed E-state index contributed by atoms with van der Waals surface area (Å²) in [6.07, 6.45) is 1.16. The number of nitrogens with one attached hydrogen (secondary N) is 1. The van der Waals surface area contributed by atoms with Gasteiger partial charge in [0.2, 0.25) is 5.91 Å². The van der Waals surface area contributed by atoms with E-state index in [4.69, 9.17) is 14.5 Å². The highest BCUT2D eigenvalue weighted by Gasteiger charge is 2.10. The van der Waals surface area contributed by atoms with Gasteiger partial charge in [-0.3, -0.25) is 4.79 Å². The normalized spacial score (nSPS) is 10.3. The van der Waals surface area contributed by atoms with Crippen LogP contribution >= 0.6 is 11.8 Å². The molecule has 0 bridgehead atoms. The number of ether oxygens (including phenoxy) is 1. The molecule has 1 N–H and O–H groups in total. The Balaban J connectivity index is 1.77. The van der Waals surface area contributed by atoms with E-state index in [2.05, 4.69) is 16.5 Å². The molecule has 1 amide bonds. The van der Waals surface area contributed by atoms with E-state index in [-0.39, 0.29) is 5.91 Å². The minimum atomic E-state index is -0.0709. The van der Waals surface area contributed by atoms with E-state index >= 15 is 0 Å². The summed E-state index contributed by atoms with van der Waals surface area (Å²) < 4.78 is 10.7. The van der Waals surface area contributed by atoms with Crippen LogP contribution in [0.3, 0.4) is 0 Å². The molecule has 0 unspecified atom stereocenters. The number of amides is 1. The molecule has 7 heteroatoms. The third-order valence-corrected chi connectivity index (χ3v) is 4.44. The van der Waals surface area contributed by atoms with Crippen molar-refractivity contribution in [3.05, 3.63) is 41.3 Å². The summed E-state index contributed by atoms with van der Waals surface area (Å²) in [4.78, 5) is 12.1. The van der Waals surface area contributed by atoms with Crippen LogP contribution in [-0.2, 0) is 10.5 Å². The number of carbonyl (C=O) groups excluding carboxylic acids is 1. The summed E-state index contributed by atoms with van der Waals surface area (Å²) >= 11 is 1.52. The molecule has 0 fully saturated rings. The van der Waals surface area contributed by atoms with E-state index in [1.54, 1.807) is 6.07 Å². The molecule has 1 aromatic carbocycles. The van der Waals surface area contributed by atoms with Crippen LogP contribution in [0.4, 0.5) is 5.69 Å². The SMILES string of the molecule is Cc1noc(C)c1CSCC(=O)Nc1cccc(OCCCC#N)c1. The second-order valence-electron chi connectivity index (χ2n) is 5.48. The van der Waals surface area contributed by atoms with Crippen LogP contribution in [0.15, 0.2) is 28.8 Å². The van der Waals surface area contributed by atoms with Crippen LogP contribution in [0.2, 0.25) is 0 Å². The quantitative estimate of drug-likeness (QED) is 0.684. The molecule has 2 rings (SSSR count). The zero-order chi connectivity index (χ0) is 18.1. The maximum absolute atomic E-state index is 12.1. The number of unbranched alkanes of at least 4 members (excludes halogenated alkanes) is 1. The first-order chi connectivity index (χ1) is 12.1. The van der Waals surface area contributed by atoms with Gasteiger partial charge < -0.3 is 14.6 Å². The monoisotopic (exact) mass is 359 g/mol. The van der Waals surface area contributed by atoms with Crippen molar-refractivity contribution in [3.63, 3.8) is 0 Å². The zero-order valence-corrected chi connectivity index (χ0v) is 15.2. The van der Waals surface area contributed by atoms with Gasteiger partial charge in [0, 0.05) is 29.5 Å². The fourth-order valence-electron chi connectivity index (χ4n) is 2.16. The standard InChI is InChI=1S/C18H21N3O3S/c1-13-17(14(2)24-21-13)11-25-12-18(22)20-15-6-5-7-16(10-15)23-9-4-3-8-19/h5-7,10H,3-4,9,11-12H2,1-2H3,(H,20,22). The molecule has 0 radical (unpaired) electrons. The number of carbonyl (C=O) groups is 1. The van der Waals surface area contributed by atoms with Crippen LogP contribution in [0.1, 0.15) is 29.9 Å². The Morgan fingerprint density at radius 2 is 2.28 bits per heavy atom. The van der Waals surface area contributed by atoms with Crippen molar-refractivity contribution in [2.45, 2.75) is 32.4 Å². The van der Waals surface area contributed by atoms with Gasteiger partial charge in [-0.05, 0) is 32.4 Å². The van der Waals surface area contributed by atoms with Crippen LogP contribution in [0.25, 0.3) is 0 Å². The van der Waals surface area contributed by atoms with E-state index in [9.17, 15) is 4.79 Å². The van der Waals surface area contributed by atoms with Crippen LogP contribution in [-0.4, -0.2) is 23.4 Å². The summed E-state index contributed by atoms with van der Waals surface area (Å²) in [7, 11) is 0. The average Bonchev–Trinajstić information content (AvgIpc) is 2.91. The number of rotatable bonds is 9. The second kappa shape index (κ2) is 9.74. The first kappa shape index (κ1) is 18.9. The fraction of sp³-hybridized carbons (Fsp3) is 0.389. The summed E-state index contributed by atoms with van der Waals surface area (Å²) in [6, 6.07) is 9.33. The number of hydrogen-bond donors (Lipinski definition) is 1. The molecule has 0 aliphatic heterocycles. The number of aromatic nitrogens is 1. The Morgan fingerprint density at radius 1 is 1.44 bits per heavy atom. The predicted octanol–water partition coefficient (Wildman–Crippen LogP) is 3.85. The number of aryl methyl sites for hydroxylation is 2. The number of benzene rings is 1. The molecule has 25 heavy (non-hydrogen) atoms. The highest BCUT2D eigenvalue weighted by Crippen LogP contribution is 2.21. The molecule has 0 saturated carbocycles. The lowest BCUT2D eigenvalue weighted by atomic mass is 10.2. The first-order valence-electron chi connectivity index (χ1n) is 7.99. The molecule has 132 valence electrons. The Labute approximate surface area is 151 Å². The fourth-order valence-corrected chi connectivity index (χ4v) is 3.13. The van der Waals surface area contributed by atoms with Crippen LogP contribution in [0, 0.1) is 25.2 Å². The maximum Gasteiger partial charge on any atom is 0.234 e. The molecular weight excluding hydrogens is 338 g/mol. The van der Waals surface area contributed by atoms with E-state index in [0.29, 0.717) is 42.4 Å². The molecule has 0 saturated heterocycles. The first-order valence-corrected chi connectivity index (χ1v) is 9.14. The van der Waals surface area contributed by atoms with Crippen molar-refractivity contribution < 1.29 is 14.1 Å². The Morgan fingerprint density at radius 3 is 3.00 bits per heavy atom. The van der Waals surface area contributed by atoms with Crippen molar-refractivity contribution in [2.75, 3.05) is 17.7 Å². The third-order valence-electron chi connectivity index (χ3n) is 3.48. The molecule has 0 atom stereocenters. The predicted molar refractivity (Wildman–Crippen MR) is 97.6 cm³/mol. The Bertz CT molecular complexity index is 733. The zero-order valence-electron chi connectivity index (χ0n) is 14.4. The minimum Gasteiger partial charge on any atom is -0.493 e. The van der Waals surface area contributed by atoms with Gasteiger partial charge in [0.15, 0.2) is 0 Å². The van der Waals surface area contributed by atoms with Gasteiger partial charge in [-0.2, -0.15) is 5.26 Å². The molecule has 0 spiro atoms. The van der Waals surface area contributed by atoms with Gasteiger partial charge in [0.25, 0.3) is 0 Å². The Hall–Kier alpha value is -2.46. The van der Waals surface area contributed by atoms with Crippen molar-refractivity contribution >= 4 is 23.4 Å². The van der Waals surface area contributed by atoms with E-state index < -0.39 is 0 Å². The number of nitriles is 1. The van der Waals surface area contributed by atoms with Gasteiger partial charge in [-0.1, -0.05) is 11.2 Å².